The summed E-state index contributed by atoms with van der Waals surface area (Å²) in [7, 11) is 0. The first-order valence-electron chi connectivity index (χ1n) is 5.91. The van der Waals surface area contributed by atoms with Crippen molar-refractivity contribution in [3.8, 4) is 0 Å². The molecule has 2 unspecified atom stereocenters. The van der Waals surface area contributed by atoms with E-state index in [-0.39, 0.29) is 0 Å². The zero-order valence-electron chi connectivity index (χ0n) is 9.99. The van der Waals surface area contributed by atoms with Gasteiger partial charge >= 0.3 is 5.97 Å². The van der Waals surface area contributed by atoms with Gasteiger partial charge in [-0.15, -0.1) is 0 Å². The minimum Gasteiger partial charge on any atom is -0.478 e. The van der Waals surface area contributed by atoms with Gasteiger partial charge in [0.15, 0.2) is 0 Å². The van der Waals surface area contributed by atoms with Gasteiger partial charge in [-0.05, 0) is 42.4 Å². The maximum absolute atomic E-state index is 10.9. The topological polar surface area (TPSA) is 37.3 Å². The van der Waals surface area contributed by atoms with Crippen LogP contribution in [0.4, 0.5) is 0 Å². The third-order valence-corrected chi connectivity index (χ3v) is 4.02. The smallest absolute Gasteiger partial charge is 0.331 e. The third kappa shape index (κ3) is 2.88. The molecule has 1 aliphatic rings. The van der Waals surface area contributed by atoms with Crippen molar-refractivity contribution in [3.05, 3.63) is 45.5 Å². The van der Waals surface area contributed by atoms with Gasteiger partial charge in [-0.2, -0.15) is 0 Å². The highest BCUT2D eigenvalue weighted by Gasteiger charge is 2.37. The lowest BCUT2D eigenvalue weighted by Gasteiger charge is -2.02. The van der Waals surface area contributed by atoms with Crippen molar-refractivity contribution in [2.24, 2.45) is 5.92 Å². The molecule has 2 rings (SSSR count). The minimum absolute atomic E-state index is 0.313. The first-order chi connectivity index (χ1) is 8.52. The number of carboxylic acids is 1. The normalized spacial score (nSPS) is 22.9. The molecule has 2 nitrogen and oxygen atoms in total. The highest BCUT2D eigenvalue weighted by Crippen LogP contribution is 2.49. The molecular formula is C14H14Cl2O2. The molecular weight excluding hydrogens is 271 g/mol. The van der Waals surface area contributed by atoms with Gasteiger partial charge in [-0.25, -0.2) is 4.79 Å². The van der Waals surface area contributed by atoms with Crippen LogP contribution in [0.25, 0.3) is 0 Å². The van der Waals surface area contributed by atoms with Crippen molar-refractivity contribution < 1.29 is 9.90 Å². The van der Waals surface area contributed by atoms with Crippen LogP contribution in [0.5, 0.6) is 0 Å². The molecule has 0 aliphatic heterocycles. The maximum Gasteiger partial charge on any atom is 0.331 e. The van der Waals surface area contributed by atoms with Gasteiger partial charge in [0.2, 0.25) is 0 Å². The standard InChI is InChI=1S/C14H14Cl2O2/c1-2-8(14(17)18)5-10-6-11(10)9-3-4-12(15)13(16)7-9/h3-5,7,10-11H,2,6H2,1H3,(H,17,18)/b8-5+. The highest BCUT2D eigenvalue weighted by atomic mass is 35.5. The van der Waals surface area contributed by atoms with E-state index in [0.29, 0.717) is 33.9 Å². The molecule has 0 amide bonds. The van der Waals surface area contributed by atoms with Crippen molar-refractivity contribution in [2.75, 3.05) is 0 Å². The number of hydrogen-bond donors (Lipinski definition) is 1. The summed E-state index contributed by atoms with van der Waals surface area (Å²) in [5.74, 6) is -0.133. The largest absolute Gasteiger partial charge is 0.478 e. The zero-order chi connectivity index (χ0) is 13.3. The highest BCUT2D eigenvalue weighted by molar-refractivity contribution is 6.42. The summed E-state index contributed by atoms with van der Waals surface area (Å²) in [6.45, 7) is 1.86. The van der Waals surface area contributed by atoms with Crippen LogP contribution in [0.3, 0.4) is 0 Å². The number of carboxylic acid groups (broad SMARTS) is 1. The fourth-order valence-corrected chi connectivity index (χ4v) is 2.43. The summed E-state index contributed by atoms with van der Waals surface area (Å²) < 4.78 is 0. The van der Waals surface area contributed by atoms with Crippen molar-refractivity contribution in [1.29, 1.82) is 0 Å². The molecule has 1 N–H and O–H groups in total. The van der Waals surface area contributed by atoms with Crippen molar-refractivity contribution in [2.45, 2.75) is 25.7 Å². The van der Waals surface area contributed by atoms with Crippen molar-refractivity contribution >= 4 is 29.2 Å². The van der Waals surface area contributed by atoms with E-state index < -0.39 is 5.97 Å². The Hall–Kier alpha value is -0.990. The van der Waals surface area contributed by atoms with E-state index in [2.05, 4.69) is 0 Å². The van der Waals surface area contributed by atoms with Crippen molar-refractivity contribution in [1.82, 2.24) is 0 Å². The first-order valence-corrected chi connectivity index (χ1v) is 6.67. The molecule has 1 aromatic rings. The Morgan fingerprint density at radius 2 is 2.17 bits per heavy atom. The summed E-state index contributed by atoms with van der Waals surface area (Å²) >= 11 is 11.8. The van der Waals surface area contributed by atoms with Crippen LogP contribution >= 0.6 is 23.2 Å². The van der Waals surface area contributed by atoms with Gasteiger partial charge in [-0.3, -0.25) is 0 Å². The molecule has 0 aromatic heterocycles. The third-order valence-electron chi connectivity index (χ3n) is 3.28. The monoisotopic (exact) mass is 284 g/mol. The van der Waals surface area contributed by atoms with E-state index in [1.54, 1.807) is 6.07 Å². The lowest BCUT2D eigenvalue weighted by molar-refractivity contribution is -0.132. The summed E-state index contributed by atoms with van der Waals surface area (Å²) in [6, 6.07) is 5.62. The van der Waals surface area contributed by atoms with E-state index in [1.807, 2.05) is 25.1 Å². The van der Waals surface area contributed by atoms with E-state index in [1.165, 1.54) is 0 Å². The molecule has 96 valence electrons. The lowest BCUT2D eigenvalue weighted by atomic mass is 10.1. The second kappa shape index (κ2) is 5.33. The summed E-state index contributed by atoms with van der Waals surface area (Å²) in [6.07, 6.45) is 3.41. The second-order valence-electron chi connectivity index (χ2n) is 4.53. The predicted octanol–water partition coefficient (Wildman–Crippen LogP) is 4.52. The number of benzene rings is 1. The maximum atomic E-state index is 10.9. The molecule has 4 heteroatoms. The van der Waals surface area contributed by atoms with Gasteiger partial charge in [-0.1, -0.05) is 42.3 Å². The van der Waals surface area contributed by atoms with E-state index >= 15 is 0 Å². The minimum atomic E-state index is -0.822. The Bertz CT molecular complexity index is 509. The van der Waals surface area contributed by atoms with Crippen LogP contribution in [0.2, 0.25) is 10.0 Å². The Morgan fingerprint density at radius 1 is 1.44 bits per heavy atom. The van der Waals surface area contributed by atoms with Crippen molar-refractivity contribution in [3.63, 3.8) is 0 Å². The summed E-state index contributed by atoms with van der Waals surface area (Å²) in [5, 5.41) is 10.1. The fraction of sp³-hybridized carbons (Fsp3) is 0.357. The number of hydrogen-bond acceptors (Lipinski definition) is 1. The van der Waals surface area contributed by atoms with E-state index in [9.17, 15) is 4.79 Å². The zero-order valence-corrected chi connectivity index (χ0v) is 11.5. The molecule has 0 saturated heterocycles. The average molecular weight is 285 g/mol. The Labute approximate surface area is 116 Å². The predicted molar refractivity (Wildman–Crippen MR) is 73.3 cm³/mol. The summed E-state index contributed by atoms with van der Waals surface area (Å²) in [4.78, 5) is 10.9. The Kier molecular flexibility index (Phi) is 3.98. The van der Waals surface area contributed by atoms with Crippen LogP contribution in [0.1, 0.15) is 31.2 Å². The van der Waals surface area contributed by atoms with Gasteiger partial charge in [0, 0.05) is 5.57 Å². The SMILES string of the molecule is CC/C(=C\C1CC1c1ccc(Cl)c(Cl)c1)C(=O)O. The molecule has 1 aliphatic carbocycles. The van der Waals surface area contributed by atoms with Gasteiger partial charge in [0.25, 0.3) is 0 Å². The number of carbonyl (C=O) groups is 1. The van der Waals surface area contributed by atoms with E-state index in [4.69, 9.17) is 28.3 Å². The van der Waals surface area contributed by atoms with Crippen LogP contribution in [-0.2, 0) is 4.79 Å². The molecule has 0 radical (unpaired) electrons. The lowest BCUT2D eigenvalue weighted by Crippen LogP contribution is -1.99. The first kappa shape index (κ1) is 13.4. The van der Waals surface area contributed by atoms with Gasteiger partial charge < -0.3 is 5.11 Å². The number of allylic oxidation sites excluding steroid dienone is 1. The van der Waals surface area contributed by atoms with Crippen LogP contribution in [0.15, 0.2) is 29.8 Å². The number of rotatable bonds is 4. The number of aliphatic carboxylic acids is 1. The molecule has 18 heavy (non-hydrogen) atoms. The Balaban J connectivity index is 2.11. The fourth-order valence-electron chi connectivity index (χ4n) is 2.12. The van der Waals surface area contributed by atoms with Gasteiger partial charge in [0.05, 0.1) is 10.0 Å². The van der Waals surface area contributed by atoms with Gasteiger partial charge in [0.1, 0.15) is 0 Å². The quantitative estimate of drug-likeness (QED) is 0.826. The second-order valence-corrected chi connectivity index (χ2v) is 5.34. The molecule has 0 bridgehead atoms. The molecule has 1 saturated carbocycles. The van der Waals surface area contributed by atoms with Crippen LogP contribution < -0.4 is 0 Å². The van der Waals surface area contributed by atoms with E-state index in [0.717, 1.165) is 12.0 Å². The molecule has 2 atom stereocenters. The van der Waals surface area contributed by atoms with Crippen LogP contribution in [-0.4, -0.2) is 11.1 Å². The summed E-state index contributed by atoms with van der Waals surface area (Å²) in [5.41, 5.74) is 1.62. The van der Waals surface area contributed by atoms with Crippen LogP contribution in [0, 0.1) is 5.92 Å². The molecule has 0 spiro atoms. The molecule has 0 heterocycles. The molecule has 1 fully saturated rings. The molecule has 1 aromatic carbocycles. The average Bonchev–Trinajstić information content (AvgIpc) is 3.08. The Morgan fingerprint density at radius 3 is 2.72 bits per heavy atom. The number of halogens is 2.